The fourth-order valence-corrected chi connectivity index (χ4v) is 2.82. The van der Waals surface area contributed by atoms with Gasteiger partial charge in [-0.3, -0.25) is 4.40 Å². The lowest BCUT2D eigenvalue weighted by molar-refractivity contribution is 0.310. The first-order valence-electron chi connectivity index (χ1n) is 8.76. The van der Waals surface area contributed by atoms with Crippen LogP contribution in [0.15, 0.2) is 47.0 Å². The van der Waals surface area contributed by atoms with Gasteiger partial charge >= 0.3 is 5.69 Å². The molecule has 8 nitrogen and oxygen atoms in total. The largest absolute Gasteiger partial charge is 0.474 e. The highest BCUT2D eigenvalue weighted by molar-refractivity contribution is 5.58. The summed E-state index contributed by atoms with van der Waals surface area (Å²) in [6.45, 7) is 0.550. The number of rotatable bonds is 3. The molecule has 10 heteroatoms. The van der Waals surface area contributed by atoms with Crippen molar-refractivity contribution >= 4 is 11.3 Å². The SMILES string of the molecule is NCC(Cn1nc2cc(C#Cc3cnc4c(c3)NCCO4)ccn2c1=O)=C(F)F. The van der Waals surface area contributed by atoms with Gasteiger partial charge in [0.15, 0.2) is 5.65 Å². The molecular weight excluding hydrogens is 382 g/mol. The van der Waals surface area contributed by atoms with E-state index in [1.807, 2.05) is 6.07 Å². The van der Waals surface area contributed by atoms with Crippen LogP contribution < -0.4 is 21.5 Å². The summed E-state index contributed by atoms with van der Waals surface area (Å²) in [6, 6.07) is 5.10. The number of ether oxygens (including phenoxy) is 1. The minimum atomic E-state index is -1.90. The van der Waals surface area contributed by atoms with Gasteiger partial charge in [-0.1, -0.05) is 11.8 Å². The number of hydrogen-bond donors (Lipinski definition) is 2. The topological polar surface area (TPSA) is 99.5 Å². The first kappa shape index (κ1) is 18.6. The highest BCUT2D eigenvalue weighted by Crippen LogP contribution is 2.24. The van der Waals surface area contributed by atoms with Crippen molar-refractivity contribution < 1.29 is 13.5 Å². The summed E-state index contributed by atoms with van der Waals surface area (Å²) >= 11 is 0. The lowest BCUT2D eigenvalue weighted by Crippen LogP contribution is -2.24. The summed E-state index contributed by atoms with van der Waals surface area (Å²) < 4.78 is 33.3. The number of fused-ring (bicyclic) bond motifs is 2. The van der Waals surface area contributed by atoms with Crippen LogP contribution in [0, 0.1) is 11.8 Å². The molecule has 3 aromatic rings. The van der Waals surface area contributed by atoms with Crippen LogP contribution in [-0.2, 0) is 6.54 Å². The Balaban J connectivity index is 1.63. The molecule has 29 heavy (non-hydrogen) atoms. The van der Waals surface area contributed by atoms with Crippen molar-refractivity contribution in [3.63, 3.8) is 0 Å². The number of nitrogens with two attached hydrogens (primary N) is 1. The Labute approximate surface area is 163 Å². The molecule has 4 heterocycles. The van der Waals surface area contributed by atoms with E-state index in [9.17, 15) is 13.6 Å². The summed E-state index contributed by atoms with van der Waals surface area (Å²) in [5.74, 6) is 6.53. The van der Waals surface area contributed by atoms with Crippen molar-refractivity contribution in [2.24, 2.45) is 5.73 Å². The van der Waals surface area contributed by atoms with Crippen LogP contribution >= 0.6 is 0 Å². The van der Waals surface area contributed by atoms with E-state index in [0.29, 0.717) is 35.8 Å². The molecule has 1 aliphatic heterocycles. The fourth-order valence-electron chi connectivity index (χ4n) is 2.82. The zero-order chi connectivity index (χ0) is 20.4. The van der Waals surface area contributed by atoms with E-state index in [-0.39, 0.29) is 18.7 Å². The van der Waals surface area contributed by atoms with Crippen LogP contribution in [0.1, 0.15) is 11.1 Å². The summed E-state index contributed by atoms with van der Waals surface area (Å²) in [7, 11) is 0. The predicted molar refractivity (Wildman–Crippen MR) is 102 cm³/mol. The number of halogens is 2. The third-order valence-electron chi connectivity index (χ3n) is 4.30. The minimum Gasteiger partial charge on any atom is -0.474 e. The lowest BCUT2D eigenvalue weighted by atomic mass is 10.2. The van der Waals surface area contributed by atoms with Crippen LogP contribution in [0.4, 0.5) is 14.5 Å². The number of nitrogens with one attached hydrogen (secondary N) is 1. The summed E-state index contributed by atoms with van der Waals surface area (Å²) in [6.07, 6.45) is 1.22. The second kappa shape index (κ2) is 7.73. The Bertz CT molecular complexity index is 1230. The molecule has 1 aliphatic rings. The maximum Gasteiger partial charge on any atom is 0.350 e. The molecule has 3 N–H and O–H groups in total. The van der Waals surface area contributed by atoms with Crippen molar-refractivity contribution in [2.45, 2.75) is 6.54 Å². The molecule has 0 saturated heterocycles. The van der Waals surface area contributed by atoms with Gasteiger partial charge < -0.3 is 15.8 Å². The van der Waals surface area contributed by atoms with E-state index < -0.39 is 11.8 Å². The molecule has 3 aromatic heterocycles. The van der Waals surface area contributed by atoms with Crippen molar-refractivity contribution in [3.8, 4) is 17.7 Å². The molecule has 148 valence electrons. The van der Waals surface area contributed by atoms with E-state index in [1.165, 1.54) is 10.6 Å². The van der Waals surface area contributed by atoms with E-state index in [4.69, 9.17) is 10.5 Å². The zero-order valence-electron chi connectivity index (χ0n) is 15.2. The molecule has 0 spiro atoms. The van der Waals surface area contributed by atoms with Gasteiger partial charge in [0, 0.05) is 42.2 Å². The van der Waals surface area contributed by atoms with Crippen LogP contribution in [0.2, 0.25) is 0 Å². The van der Waals surface area contributed by atoms with Crippen molar-refractivity contribution in [1.29, 1.82) is 0 Å². The molecule has 4 rings (SSSR count). The van der Waals surface area contributed by atoms with Crippen molar-refractivity contribution in [1.82, 2.24) is 19.2 Å². The van der Waals surface area contributed by atoms with Crippen molar-refractivity contribution in [3.05, 3.63) is 63.9 Å². The number of aromatic nitrogens is 4. The summed E-state index contributed by atoms with van der Waals surface area (Å²) in [4.78, 5) is 16.5. The Morgan fingerprint density at radius 2 is 2.14 bits per heavy atom. The molecule has 0 saturated carbocycles. The Morgan fingerprint density at radius 1 is 1.31 bits per heavy atom. The number of hydrogen-bond acceptors (Lipinski definition) is 6. The minimum absolute atomic E-state index is 0.302. The smallest absolute Gasteiger partial charge is 0.350 e. The molecule has 0 aromatic carbocycles. The first-order chi connectivity index (χ1) is 14.0. The fraction of sp³-hybridized carbons (Fsp3) is 0.211. The highest BCUT2D eigenvalue weighted by atomic mass is 19.3. The van der Waals surface area contributed by atoms with Crippen LogP contribution in [0.5, 0.6) is 5.88 Å². The predicted octanol–water partition coefficient (Wildman–Crippen LogP) is 1.20. The Morgan fingerprint density at radius 3 is 2.93 bits per heavy atom. The Hall–Kier alpha value is -3.71. The van der Waals surface area contributed by atoms with Gasteiger partial charge in [0.25, 0.3) is 6.08 Å². The number of anilines is 1. The standard InChI is InChI=1S/C19H16F2N6O2/c20-17(21)14(9-22)11-27-19(28)26-5-3-12(8-16(26)25-27)1-2-13-7-15-18(24-10-13)29-6-4-23-15/h3,5,7-8,10,23H,4,6,9,11,22H2. The van der Waals surface area contributed by atoms with E-state index in [0.717, 1.165) is 10.4 Å². The molecule has 0 amide bonds. The third kappa shape index (κ3) is 3.81. The maximum atomic E-state index is 12.8. The summed E-state index contributed by atoms with van der Waals surface area (Å²) in [5, 5.41) is 7.28. The molecule has 0 unspecified atom stereocenters. The molecule has 0 radical (unpaired) electrons. The van der Waals surface area contributed by atoms with Gasteiger partial charge in [-0.2, -0.15) is 8.78 Å². The third-order valence-corrected chi connectivity index (χ3v) is 4.30. The second-order valence-corrected chi connectivity index (χ2v) is 6.25. The number of pyridine rings is 2. The van der Waals surface area contributed by atoms with E-state index in [2.05, 4.69) is 27.2 Å². The van der Waals surface area contributed by atoms with Gasteiger partial charge in [0.05, 0.1) is 12.2 Å². The van der Waals surface area contributed by atoms with Gasteiger partial charge in [0.1, 0.15) is 6.61 Å². The normalized spacial score (nSPS) is 12.4. The number of nitrogens with zero attached hydrogens (tertiary/aromatic N) is 4. The van der Waals surface area contributed by atoms with Gasteiger partial charge in [-0.15, -0.1) is 5.10 Å². The average Bonchev–Trinajstić information content (AvgIpc) is 3.04. The van der Waals surface area contributed by atoms with Gasteiger partial charge in [0.2, 0.25) is 5.88 Å². The van der Waals surface area contributed by atoms with Gasteiger partial charge in [-0.25, -0.2) is 14.5 Å². The lowest BCUT2D eigenvalue weighted by Gasteiger charge is -2.17. The van der Waals surface area contributed by atoms with Crippen LogP contribution in [-0.4, -0.2) is 38.9 Å². The summed E-state index contributed by atoms with van der Waals surface area (Å²) in [5.41, 5.74) is 6.83. The quantitative estimate of drug-likeness (QED) is 0.644. The highest BCUT2D eigenvalue weighted by Gasteiger charge is 2.12. The average molecular weight is 398 g/mol. The van der Waals surface area contributed by atoms with Crippen LogP contribution in [0.25, 0.3) is 5.65 Å². The Kier molecular flexibility index (Phi) is 4.97. The zero-order valence-corrected chi connectivity index (χ0v) is 15.2. The molecule has 0 bridgehead atoms. The van der Waals surface area contributed by atoms with E-state index >= 15 is 0 Å². The van der Waals surface area contributed by atoms with Gasteiger partial charge in [-0.05, 0) is 18.2 Å². The van der Waals surface area contributed by atoms with Crippen molar-refractivity contribution in [2.75, 3.05) is 25.0 Å². The molecule has 0 aliphatic carbocycles. The maximum absolute atomic E-state index is 12.8. The molecule has 0 fully saturated rings. The monoisotopic (exact) mass is 398 g/mol. The molecular formula is C19H16F2N6O2. The molecule has 0 atom stereocenters. The van der Waals surface area contributed by atoms with Crippen LogP contribution in [0.3, 0.4) is 0 Å². The first-order valence-corrected chi connectivity index (χ1v) is 8.76. The van der Waals surface area contributed by atoms with E-state index in [1.54, 1.807) is 18.3 Å². The second-order valence-electron chi connectivity index (χ2n) is 6.25.